The van der Waals surface area contributed by atoms with Crippen molar-refractivity contribution in [1.82, 2.24) is 4.98 Å². The SMILES string of the molecule is Cc1ccc(NC(=O)c2cc(Br)cc(Br)c2)cn1. The fourth-order valence-corrected chi connectivity index (χ4v) is 2.72. The molecule has 1 heterocycles. The van der Waals surface area contributed by atoms with Crippen LogP contribution in [0.4, 0.5) is 5.69 Å². The van der Waals surface area contributed by atoms with E-state index in [0.717, 1.165) is 14.6 Å². The van der Waals surface area contributed by atoms with Crippen molar-refractivity contribution < 1.29 is 4.79 Å². The van der Waals surface area contributed by atoms with Crippen molar-refractivity contribution in [1.29, 1.82) is 0 Å². The first-order chi connectivity index (χ1) is 8.54. The van der Waals surface area contributed by atoms with Gasteiger partial charge in [-0.15, -0.1) is 0 Å². The van der Waals surface area contributed by atoms with Crippen LogP contribution in [0.3, 0.4) is 0 Å². The average molecular weight is 370 g/mol. The van der Waals surface area contributed by atoms with Crippen LogP contribution >= 0.6 is 31.9 Å². The third-order valence-corrected chi connectivity index (χ3v) is 3.21. The van der Waals surface area contributed by atoms with Crippen LogP contribution in [-0.4, -0.2) is 10.9 Å². The molecule has 0 bridgehead atoms. The number of hydrogen-bond acceptors (Lipinski definition) is 2. The molecule has 0 atom stereocenters. The van der Waals surface area contributed by atoms with E-state index in [1.807, 2.05) is 25.1 Å². The van der Waals surface area contributed by atoms with Gasteiger partial charge in [0.05, 0.1) is 11.9 Å². The number of aryl methyl sites for hydroxylation is 1. The van der Waals surface area contributed by atoms with E-state index in [1.54, 1.807) is 18.3 Å². The Hall–Kier alpha value is -1.20. The molecule has 2 rings (SSSR count). The molecule has 0 aliphatic heterocycles. The first-order valence-corrected chi connectivity index (χ1v) is 6.83. The van der Waals surface area contributed by atoms with Gasteiger partial charge in [0.25, 0.3) is 5.91 Å². The highest BCUT2D eigenvalue weighted by molar-refractivity contribution is 9.11. The predicted molar refractivity (Wildman–Crippen MR) is 78.8 cm³/mol. The molecule has 92 valence electrons. The molecule has 1 N–H and O–H groups in total. The molecule has 0 spiro atoms. The zero-order chi connectivity index (χ0) is 13.1. The third-order valence-electron chi connectivity index (χ3n) is 2.29. The van der Waals surface area contributed by atoms with Crippen LogP contribution in [0.5, 0.6) is 0 Å². The number of aromatic nitrogens is 1. The van der Waals surface area contributed by atoms with Gasteiger partial charge in [-0.25, -0.2) is 0 Å². The highest BCUT2D eigenvalue weighted by Gasteiger charge is 2.08. The molecule has 0 aliphatic carbocycles. The maximum absolute atomic E-state index is 12.0. The second kappa shape index (κ2) is 5.63. The molecule has 0 saturated carbocycles. The highest BCUT2D eigenvalue weighted by Crippen LogP contribution is 2.20. The lowest BCUT2D eigenvalue weighted by molar-refractivity contribution is 0.102. The van der Waals surface area contributed by atoms with Gasteiger partial charge in [0, 0.05) is 20.2 Å². The van der Waals surface area contributed by atoms with Crippen LogP contribution < -0.4 is 5.32 Å². The van der Waals surface area contributed by atoms with Crippen LogP contribution in [0, 0.1) is 6.92 Å². The predicted octanol–water partition coefficient (Wildman–Crippen LogP) is 4.17. The fourth-order valence-electron chi connectivity index (χ4n) is 1.43. The number of benzene rings is 1. The van der Waals surface area contributed by atoms with Gasteiger partial charge in [0.1, 0.15) is 0 Å². The molecule has 3 nitrogen and oxygen atoms in total. The quantitative estimate of drug-likeness (QED) is 0.863. The molecule has 0 unspecified atom stereocenters. The van der Waals surface area contributed by atoms with Gasteiger partial charge in [0.2, 0.25) is 0 Å². The summed E-state index contributed by atoms with van der Waals surface area (Å²) in [5, 5.41) is 2.80. The Morgan fingerprint density at radius 2 is 1.83 bits per heavy atom. The minimum atomic E-state index is -0.164. The van der Waals surface area contributed by atoms with Gasteiger partial charge in [-0.05, 0) is 37.3 Å². The van der Waals surface area contributed by atoms with Gasteiger partial charge < -0.3 is 5.32 Å². The van der Waals surface area contributed by atoms with Crippen LogP contribution in [0.2, 0.25) is 0 Å². The molecule has 0 aliphatic rings. The van der Waals surface area contributed by atoms with E-state index >= 15 is 0 Å². The number of anilines is 1. The van der Waals surface area contributed by atoms with E-state index in [4.69, 9.17) is 0 Å². The maximum atomic E-state index is 12.0. The number of pyridine rings is 1. The second-order valence-electron chi connectivity index (χ2n) is 3.80. The fraction of sp³-hybridized carbons (Fsp3) is 0.0769. The second-order valence-corrected chi connectivity index (χ2v) is 5.63. The van der Waals surface area contributed by atoms with E-state index in [9.17, 15) is 4.79 Å². The summed E-state index contributed by atoms with van der Waals surface area (Å²) in [7, 11) is 0. The normalized spacial score (nSPS) is 10.2. The number of carbonyl (C=O) groups is 1. The first-order valence-electron chi connectivity index (χ1n) is 5.25. The van der Waals surface area contributed by atoms with Crippen molar-refractivity contribution in [3.63, 3.8) is 0 Å². The van der Waals surface area contributed by atoms with Crippen molar-refractivity contribution in [2.24, 2.45) is 0 Å². The summed E-state index contributed by atoms with van der Waals surface area (Å²) in [6.45, 7) is 1.90. The molecule has 0 saturated heterocycles. The van der Waals surface area contributed by atoms with Crippen molar-refractivity contribution >= 4 is 43.5 Å². The first kappa shape index (κ1) is 13.2. The van der Waals surface area contributed by atoms with E-state index < -0.39 is 0 Å². The molecule has 1 amide bonds. The van der Waals surface area contributed by atoms with Gasteiger partial charge >= 0.3 is 0 Å². The van der Waals surface area contributed by atoms with E-state index in [-0.39, 0.29) is 5.91 Å². The lowest BCUT2D eigenvalue weighted by atomic mass is 10.2. The third kappa shape index (κ3) is 3.40. The molecule has 0 radical (unpaired) electrons. The Balaban J connectivity index is 2.19. The Bertz CT molecular complexity index is 562. The van der Waals surface area contributed by atoms with Crippen LogP contribution in [0.15, 0.2) is 45.5 Å². The average Bonchev–Trinajstić information content (AvgIpc) is 2.31. The highest BCUT2D eigenvalue weighted by atomic mass is 79.9. The minimum absolute atomic E-state index is 0.164. The zero-order valence-corrected chi connectivity index (χ0v) is 12.7. The smallest absolute Gasteiger partial charge is 0.255 e. The molecule has 0 fully saturated rings. The minimum Gasteiger partial charge on any atom is -0.321 e. The lowest BCUT2D eigenvalue weighted by Gasteiger charge is -2.06. The number of nitrogens with one attached hydrogen (secondary N) is 1. The maximum Gasteiger partial charge on any atom is 0.255 e. The molecule has 5 heteroatoms. The summed E-state index contributed by atoms with van der Waals surface area (Å²) < 4.78 is 1.70. The van der Waals surface area contributed by atoms with Crippen LogP contribution in [0.25, 0.3) is 0 Å². The number of carbonyl (C=O) groups excluding carboxylic acids is 1. The van der Waals surface area contributed by atoms with Crippen molar-refractivity contribution in [3.8, 4) is 0 Å². The molecule has 2 aromatic rings. The van der Waals surface area contributed by atoms with Crippen molar-refractivity contribution in [2.75, 3.05) is 5.32 Å². The van der Waals surface area contributed by atoms with Crippen molar-refractivity contribution in [3.05, 3.63) is 56.7 Å². The van der Waals surface area contributed by atoms with Crippen LogP contribution in [-0.2, 0) is 0 Å². The molecule has 1 aromatic heterocycles. The number of hydrogen-bond donors (Lipinski definition) is 1. The van der Waals surface area contributed by atoms with Crippen molar-refractivity contribution in [2.45, 2.75) is 6.92 Å². The van der Waals surface area contributed by atoms with Gasteiger partial charge in [-0.1, -0.05) is 31.9 Å². The summed E-state index contributed by atoms with van der Waals surface area (Å²) in [4.78, 5) is 16.2. The van der Waals surface area contributed by atoms with Gasteiger partial charge in [-0.2, -0.15) is 0 Å². The number of nitrogens with zero attached hydrogens (tertiary/aromatic N) is 1. The van der Waals surface area contributed by atoms with Crippen LogP contribution in [0.1, 0.15) is 16.1 Å². The number of rotatable bonds is 2. The summed E-state index contributed by atoms with van der Waals surface area (Å²) in [5.74, 6) is -0.164. The summed E-state index contributed by atoms with van der Waals surface area (Å²) in [5.41, 5.74) is 2.18. The Labute approximate surface area is 122 Å². The largest absolute Gasteiger partial charge is 0.321 e. The Morgan fingerprint density at radius 3 is 2.39 bits per heavy atom. The monoisotopic (exact) mass is 368 g/mol. The molecular weight excluding hydrogens is 360 g/mol. The molecule has 1 aromatic carbocycles. The summed E-state index contributed by atoms with van der Waals surface area (Å²) >= 11 is 6.71. The molecular formula is C13H10Br2N2O. The number of amides is 1. The van der Waals surface area contributed by atoms with Gasteiger partial charge in [0.15, 0.2) is 0 Å². The van der Waals surface area contributed by atoms with E-state index in [1.165, 1.54) is 0 Å². The summed E-state index contributed by atoms with van der Waals surface area (Å²) in [6, 6.07) is 9.09. The zero-order valence-electron chi connectivity index (χ0n) is 9.58. The van der Waals surface area contributed by atoms with Gasteiger partial charge in [-0.3, -0.25) is 9.78 Å². The standard InChI is InChI=1S/C13H10Br2N2O/c1-8-2-3-12(7-16-8)17-13(18)9-4-10(14)6-11(15)5-9/h2-7H,1H3,(H,17,18). The number of halogens is 2. The van der Waals surface area contributed by atoms with E-state index in [0.29, 0.717) is 11.3 Å². The summed E-state index contributed by atoms with van der Waals surface area (Å²) in [6.07, 6.45) is 1.64. The topological polar surface area (TPSA) is 42.0 Å². The Morgan fingerprint density at radius 1 is 1.17 bits per heavy atom. The van der Waals surface area contributed by atoms with E-state index in [2.05, 4.69) is 42.2 Å². The Kier molecular flexibility index (Phi) is 4.14. The molecule has 18 heavy (non-hydrogen) atoms. The lowest BCUT2D eigenvalue weighted by Crippen LogP contribution is -2.12.